The Bertz CT molecular complexity index is 1030. The van der Waals surface area contributed by atoms with Crippen LogP contribution in [0.15, 0.2) is 65.6 Å². The molecule has 1 heterocycles. The van der Waals surface area contributed by atoms with E-state index in [0.717, 1.165) is 22.9 Å². The Hall–Kier alpha value is -3.55. The van der Waals surface area contributed by atoms with E-state index in [9.17, 15) is 22.8 Å². The predicted molar refractivity (Wildman–Crippen MR) is 91.7 cm³/mol. The highest BCUT2D eigenvalue weighted by Gasteiger charge is 2.17. The van der Waals surface area contributed by atoms with Crippen molar-refractivity contribution in [2.24, 2.45) is 0 Å². The fourth-order valence-corrected chi connectivity index (χ4v) is 2.30. The van der Waals surface area contributed by atoms with Crippen LogP contribution in [0.5, 0.6) is 0 Å². The van der Waals surface area contributed by atoms with Crippen molar-refractivity contribution in [3.8, 4) is 0 Å². The first-order valence-corrected chi connectivity index (χ1v) is 7.81. The molecule has 0 atom stereocenters. The number of nitrogens with zero attached hydrogens (tertiary/aromatic N) is 1. The molecule has 138 valence electrons. The lowest BCUT2D eigenvalue weighted by atomic mass is 10.2. The van der Waals surface area contributed by atoms with Crippen molar-refractivity contribution < 1.29 is 22.8 Å². The Morgan fingerprint density at radius 3 is 2.30 bits per heavy atom. The van der Waals surface area contributed by atoms with Crippen molar-refractivity contribution in [3.05, 3.63) is 99.7 Å². The third-order valence-corrected chi connectivity index (χ3v) is 3.68. The molecule has 0 radical (unpaired) electrons. The summed E-state index contributed by atoms with van der Waals surface area (Å²) in [4.78, 5) is 29.8. The van der Waals surface area contributed by atoms with E-state index in [1.165, 1.54) is 36.5 Å². The van der Waals surface area contributed by atoms with E-state index >= 15 is 0 Å². The van der Waals surface area contributed by atoms with Gasteiger partial charge in [0.15, 0.2) is 0 Å². The topological polar surface area (TPSA) is 60.3 Å². The highest BCUT2D eigenvalue weighted by atomic mass is 19.1. The summed E-state index contributed by atoms with van der Waals surface area (Å²) in [5, 5.41) is 2.03. The Labute approximate surface area is 151 Å². The zero-order chi connectivity index (χ0) is 19.4. The number of hydrogen-bond donors (Lipinski definition) is 1. The van der Waals surface area contributed by atoms with Gasteiger partial charge < -0.3 is 10.2 Å². The first kappa shape index (κ1) is 18.2. The number of nitrogens with one attached hydrogen (secondary N) is 1. The molecule has 0 aliphatic rings. The smallest absolute Gasteiger partial charge is 0.295 e. The van der Waals surface area contributed by atoms with Crippen LogP contribution in [0.4, 0.5) is 18.9 Å². The minimum Gasteiger partial charge on any atom is -0.406 e. The van der Waals surface area contributed by atoms with E-state index in [-0.39, 0.29) is 12.2 Å². The molecule has 0 saturated carbocycles. The third kappa shape index (κ3) is 4.00. The van der Waals surface area contributed by atoms with E-state index < -0.39 is 40.2 Å². The maximum atomic E-state index is 13.7. The summed E-state index contributed by atoms with van der Waals surface area (Å²) in [5.41, 5.74) is -1.70. The summed E-state index contributed by atoms with van der Waals surface area (Å²) in [6, 6.07) is 11.5. The largest absolute Gasteiger partial charge is 0.406 e. The highest BCUT2D eigenvalue weighted by molar-refractivity contribution is 6.04. The molecular formula is C19H13F3N2O3. The van der Waals surface area contributed by atoms with Crippen LogP contribution in [0, 0.1) is 17.5 Å². The highest BCUT2D eigenvalue weighted by Crippen LogP contribution is 2.18. The number of hydrogen-bond acceptors (Lipinski definition) is 3. The molecule has 3 aromatic rings. The Morgan fingerprint density at radius 1 is 0.926 bits per heavy atom. The van der Waals surface area contributed by atoms with Crippen molar-refractivity contribution in [2.45, 2.75) is 6.61 Å². The van der Waals surface area contributed by atoms with E-state index in [4.69, 9.17) is 4.84 Å². The molecule has 27 heavy (non-hydrogen) atoms. The molecule has 0 aliphatic carbocycles. The maximum Gasteiger partial charge on any atom is 0.295 e. The molecule has 5 nitrogen and oxygen atoms in total. The third-order valence-electron chi connectivity index (χ3n) is 3.68. The van der Waals surface area contributed by atoms with Crippen molar-refractivity contribution in [1.29, 1.82) is 0 Å². The first-order valence-electron chi connectivity index (χ1n) is 7.81. The number of carbonyl (C=O) groups excluding carboxylic acids is 1. The van der Waals surface area contributed by atoms with Crippen LogP contribution in [0.25, 0.3) is 0 Å². The van der Waals surface area contributed by atoms with Gasteiger partial charge in [-0.25, -0.2) is 13.2 Å². The zero-order valence-corrected chi connectivity index (χ0v) is 13.8. The van der Waals surface area contributed by atoms with Gasteiger partial charge in [-0.1, -0.05) is 24.3 Å². The second-order valence-electron chi connectivity index (χ2n) is 5.47. The summed E-state index contributed by atoms with van der Waals surface area (Å²) in [6.45, 7) is -0.250. The molecule has 0 saturated heterocycles. The lowest BCUT2D eigenvalue weighted by Crippen LogP contribution is -2.32. The zero-order valence-electron chi connectivity index (χ0n) is 13.8. The van der Waals surface area contributed by atoms with Crippen molar-refractivity contribution in [3.63, 3.8) is 0 Å². The quantitative estimate of drug-likeness (QED) is 0.746. The fourth-order valence-electron chi connectivity index (χ4n) is 2.30. The van der Waals surface area contributed by atoms with Crippen LogP contribution in [-0.4, -0.2) is 10.6 Å². The minimum atomic E-state index is -1.01. The number of pyridine rings is 1. The Balaban J connectivity index is 1.81. The number of benzene rings is 2. The first-order chi connectivity index (χ1) is 13.0. The van der Waals surface area contributed by atoms with Gasteiger partial charge in [-0.3, -0.25) is 9.59 Å². The van der Waals surface area contributed by atoms with Gasteiger partial charge in [0, 0.05) is 11.8 Å². The van der Waals surface area contributed by atoms with Gasteiger partial charge in [-0.05, 0) is 30.3 Å². The molecule has 1 N–H and O–H groups in total. The van der Waals surface area contributed by atoms with E-state index in [1.54, 1.807) is 6.07 Å². The monoisotopic (exact) mass is 374 g/mol. The predicted octanol–water partition coefficient (Wildman–Crippen LogP) is 3.15. The molecule has 3 rings (SSSR count). The normalized spacial score (nSPS) is 10.5. The summed E-state index contributed by atoms with van der Waals surface area (Å²) in [7, 11) is 0. The lowest BCUT2D eigenvalue weighted by molar-refractivity contribution is 0.0847. The minimum absolute atomic E-state index is 0.215. The fraction of sp³-hybridized carbons (Fsp3) is 0.0526. The summed E-state index contributed by atoms with van der Waals surface area (Å²) in [6.07, 6.45) is 1.24. The number of amides is 1. The van der Waals surface area contributed by atoms with Crippen LogP contribution in [-0.2, 0) is 6.61 Å². The number of rotatable bonds is 5. The molecule has 1 aromatic heterocycles. The van der Waals surface area contributed by atoms with Crippen LogP contribution >= 0.6 is 0 Å². The molecule has 0 aliphatic heterocycles. The van der Waals surface area contributed by atoms with Gasteiger partial charge in [0.2, 0.25) is 0 Å². The van der Waals surface area contributed by atoms with Gasteiger partial charge >= 0.3 is 0 Å². The van der Waals surface area contributed by atoms with Crippen molar-refractivity contribution in [1.82, 2.24) is 4.73 Å². The van der Waals surface area contributed by atoms with Crippen LogP contribution in [0.2, 0.25) is 0 Å². The van der Waals surface area contributed by atoms with Gasteiger partial charge in [-0.2, -0.15) is 4.73 Å². The number of halogens is 3. The molecule has 2 aromatic carbocycles. The average Bonchev–Trinajstić information content (AvgIpc) is 2.65. The second-order valence-corrected chi connectivity index (χ2v) is 5.47. The average molecular weight is 374 g/mol. The van der Waals surface area contributed by atoms with Crippen LogP contribution in [0.1, 0.15) is 15.9 Å². The number of carbonyl (C=O) groups is 1. The standard InChI is InChI=1S/C19H13F3N2O3/c20-14-7-2-1-5-12(14)11-27-24-10-4-6-13(19(24)26)18(25)23-17-15(21)8-3-9-16(17)22/h1-10H,11H2,(H,23,25). The molecule has 0 unspecified atom stereocenters. The summed E-state index contributed by atoms with van der Waals surface area (Å²) >= 11 is 0. The molecule has 0 spiro atoms. The molecule has 1 amide bonds. The number of para-hydroxylation sites is 1. The number of anilines is 1. The maximum absolute atomic E-state index is 13.7. The van der Waals surface area contributed by atoms with Gasteiger partial charge in [0.05, 0.1) is 0 Å². The molecule has 0 fully saturated rings. The molecule has 8 heteroatoms. The number of aromatic nitrogens is 1. The molecular weight excluding hydrogens is 361 g/mol. The summed E-state index contributed by atoms with van der Waals surface area (Å²) in [5.74, 6) is -3.46. The Kier molecular flexibility index (Phi) is 5.25. The lowest BCUT2D eigenvalue weighted by Gasteiger charge is -2.11. The van der Waals surface area contributed by atoms with Crippen molar-refractivity contribution in [2.75, 3.05) is 5.32 Å². The van der Waals surface area contributed by atoms with E-state index in [1.807, 2.05) is 5.32 Å². The van der Waals surface area contributed by atoms with Gasteiger partial charge in [0.1, 0.15) is 35.3 Å². The van der Waals surface area contributed by atoms with E-state index in [2.05, 4.69) is 0 Å². The Morgan fingerprint density at radius 2 is 1.59 bits per heavy atom. The van der Waals surface area contributed by atoms with E-state index in [0.29, 0.717) is 0 Å². The second kappa shape index (κ2) is 7.77. The van der Waals surface area contributed by atoms with Crippen LogP contribution in [0.3, 0.4) is 0 Å². The van der Waals surface area contributed by atoms with Crippen LogP contribution < -0.4 is 15.7 Å². The summed E-state index contributed by atoms with van der Waals surface area (Å²) < 4.78 is 41.7. The van der Waals surface area contributed by atoms with Gasteiger partial charge in [-0.15, -0.1) is 0 Å². The van der Waals surface area contributed by atoms with Gasteiger partial charge in [0.25, 0.3) is 11.5 Å². The molecule has 0 bridgehead atoms. The SMILES string of the molecule is O=C(Nc1c(F)cccc1F)c1cccn(OCc2ccccc2F)c1=O. The van der Waals surface area contributed by atoms with Crippen molar-refractivity contribution >= 4 is 11.6 Å².